The minimum atomic E-state index is 0.106. The van der Waals surface area contributed by atoms with Gasteiger partial charge in [0.15, 0.2) is 0 Å². The topological polar surface area (TPSA) is 73.1 Å². The van der Waals surface area contributed by atoms with E-state index >= 15 is 0 Å². The fourth-order valence-corrected chi connectivity index (χ4v) is 4.26. The molecule has 1 aliphatic carbocycles. The quantitative estimate of drug-likeness (QED) is 0.516. The average Bonchev–Trinajstić information content (AvgIpc) is 3.49. The molecule has 0 atom stereocenters. The zero-order chi connectivity index (χ0) is 21.1. The molecule has 1 aliphatic rings. The smallest absolute Gasteiger partial charge is 0.233 e. The maximum Gasteiger partial charge on any atom is 0.233 e. The summed E-state index contributed by atoms with van der Waals surface area (Å²) in [5.74, 6) is 1.23. The van der Waals surface area contributed by atoms with Gasteiger partial charge in [-0.1, -0.05) is 42.1 Å². The summed E-state index contributed by atoms with van der Waals surface area (Å²) < 4.78 is 6.95. The molecule has 1 heterocycles. The van der Waals surface area contributed by atoms with Gasteiger partial charge < -0.3 is 9.64 Å². The fourth-order valence-electron chi connectivity index (χ4n) is 3.49. The number of ether oxygens (including phenoxy) is 1. The van der Waals surface area contributed by atoms with Crippen LogP contribution in [0.3, 0.4) is 0 Å². The van der Waals surface area contributed by atoms with Crippen LogP contribution in [-0.4, -0.2) is 49.9 Å². The number of tetrazole rings is 1. The van der Waals surface area contributed by atoms with E-state index in [4.69, 9.17) is 4.74 Å². The summed E-state index contributed by atoms with van der Waals surface area (Å²) in [5, 5.41) is 12.8. The van der Waals surface area contributed by atoms with E-state index in [-0.39, 0.29) is 5.91 Å². The van der Waals surface area contributed by atoms with Crippen LogP contribution in [0.1, 0.15) is 29.5 Å². The summed E-state index contributed by atoms with van der Waals surface area (Å²) >= 11 is 1.38. The number of nitrogens with zero attached hydrogens (tertiary/aromatic N) is 5. The molecule has 1 saturated carbocycles. The van der Waals surface area contributed by atoms with Crippen molar-refractivity contribution in [2.24, 2.45) is 0 Å². The Balaban J connectivity index is 1.45. The molecule has 4 rings (SSSR count). The molecular weight excluding hydrogens is 398 g/mol. The number of benzene rings is 2. The summed E-state index contributed by atoms with van der Waals surface area (Å²) in [6, 6.07) is 14.3. The second-order valence-corrected chi connectivity index (χ2v) is 8.45. The number of rotatable bonds is 8. The molecule has 1 amide bonds. The van der Waals surface area contributed by atoms with Gasteiger partial charge in [0.05, 0.1) is 18.6 Å². The summed E-state index contributed by atoms with van der Waals surface area (Å²) in [6.07, 6.45) is 2.12. The van der Waals surface area contributed by atoms with Gasteiger partial charge in [-0.2, -0.15) is 4.68 Å². The number of carbonyl (C=O) groups excluding carboxylic acids is 1. The lowest BCUT2D eigenvalue weighted by Crippen LogP contribution is -2.34. The number of aryl methyl sites for hydroxylation is 2. The van der Waals surface area contributed by atoms with Crippen molar-refractivity contribution in [2.45, 2.75) is 44.4 Å². The van der Waals surface area contributed by atoms with Crippen molar-refractivity contribution in [2.75, 3.05) is 12.9 Å². The molecule has 8 heteroatoms. The van der Waals surface area contributed by atoms with E-state index in [1.165, 1.54) is 11.8 Å². The van der Waals surface area contributed by atoms with E-state index < -0.39 is 0 Å². The molecule has 30 heavy (non-hydrogen) atoms. The Morgan fingerprint density at radius 1 is 1.17 bits per heavy atom. The van der Waals surface area contributed by atoms with Crippen LogP contribution in [0.4, 0.5) is 0 Å². The van der Waals surface area contributed by atoms with Gasteiger partial charge in [0.2, 0.25) is 11.1 Å². The Hall–Kier alpha value is -2.87. The highest BCUT2D eigenvalue weighted by Gasteiger charge is 2.32. The highest BCUT2D eigenvalue weighted by atomic mass is 32.2. The third-order valence-corrected chi connectivity index (χ3v) is 6.14. The number of methoxy groups -OCH3 is 1. The molecule has 2 aromatic carbocycles. The number of thioether (sulfide) groups is 1. The fraction of sp³-hybridized carbons (Fsp3) is 0.364. The van der Waals surface area contributed by atoms with Crippen LogP contribution in [0.2, 0.25) is 0 Å². The van der Waals surface area contributed by atoms with Gasteiger partial charge in [-0.25, -0.2) is 0 Å². The lowest BCUT2D eigenvalue weighted by Gasteiger charge is -2.22. The van der Waals surface area contributed by atoms with Gasteiger partial charge >= 0.3 is 0 Å². The summed E-state index contributed by atoms with van der Waals surface area (Å²) in [7, 11) is 1.65. The standard InChI is InChI=1S/C22H25N5O2S/c1-15-5-4-6-16(2)21(15)27-22(23-24-25-27)30-14-20(28)26(18-9-10-18)13-17-7-11-19(29-3)12-8-17/h4-8,11-12,18H,9-10,13-14H2,1-3H3. The van der Waals surface area contributed by atoms with E-state index in [9.17, 15) is 4.79 Å². The minimum absolute atomic E-state index is 0.106. The Labute approximate surface area is 180 Å². The number of hydrogen-bond acceptors (Lipinski definition) is 6. The first-order valence-electron chi connectivity index (χ1n) is 9.97. The number of amides is 1. The Morgan fingerprint density at radius 2 is 1.87 bits per heavy atom. The van der Waals surface area contributed by atoms with Crippen molar-refractivity contribution in [1.29, 1.82) is 0 Å². The largest absolute Gasteiger partial charge is 0.497 e. The maximum absolute atomic E-state index is 13.0. The zero-order valence-corrected chi connectivity index (χ0v) is 18.2. The number of hydrogen-bond donors (Lipinski definition) is 0. The molecule has 0 radical (unpaired) electrons. The van der Waals surface area contributed by atoms with Gasteiger partial charge in [0.1, 0.15) is 5.75 Å². The lowest BCUT2D eigenvalue weighted by molar-refractivity contribution is -0.129. The van der Waals surface area contributed by atoms with Crippen molar-refractivity contribution in [3.63, 3.8) is 0 Å². The van der Waals surface area contributed by atoms with Crippen LogP contribution in [0.25, 0.3) is 5.69 Å². The zero-order valence-electron chi connectivity index (χ0n) is 17.4. The molecule has 0 unspecified atom stereocenters. The SMILES string of the molecule is COc1ccc(CN(C(=O)CSc2nnnn2-c2c(C)cccc2C)C2CC2)cc1. The van der Waals surface area contributed by atoms with E-state index in [1.54, 1.807) is 11.8 Å². The third-order valence-electron chi connectivity index (χ3n) is 5.24. The lowest BCUT2D eigenvalue weighted by atomic mass is 10.1. The summed E-state index contributed by atoms with van der Waals surface area (Å²) in [6.45, 7) is 4.68. The molecule has 0 aliphatic heterocycles. The first-order chi connectivity index (χ1) is 14.6. The average molecular weight is 424 g/mol. The predicted octanol–water partition coefficient (Wildman–Crippen LogP) is 3.57. The van der Waals surface area contributed by atoms with Gasteiger partial charge in [0, 0.05) is 12.6 Å². The third kappa shape index (κ3) is 4.48. The number of para-hydroxylation sites is 1. The minimum Gasteiger partial charge on any atom is -0.497 e. The van der Waals surface area contributed by atoms with Crippen LogP contribution < -0.4 is 4.74 Å². The van der Waals surface area contributed by atoms with Crippen LogP contribution in [0, 0.1) is 13.8 Å². The highest BCUT2D eigenvalue weighted by molar-refractivity contribution is 7.99. The predicted molar refractivity (Wildman–Crippen MR) is 116 cm³/mol. The van der Waals surface area contributed by atoms with E-state index in [2.05, 4.69) is 15.5 Å². The Morgan fingerprint density at radius 3 is 2.50 bits per heavy atom. The molecule has 7 nitrogen and oxygen atoms in total. The molecule has 1 fully saturated rings. The first kappa shape index (κ1) is 20.4. The van der Waals surface area contributed by atoms with Crippen molar-refractivity contribution in [1.82, 2.24) is 25.1 Å². The molecular formula is C22H25N5O2S. The van der Waals surface area contributed by atoms with Gasteiger partial charge in [0.25, 0.3) is 0 Å². The van der Waals surface area contributed by atoms with Crippen molar-refractivity contribution >= 4 is 17.7 Å². The van der Waals surface area contributed by atoms with Crippen LogP contribution in [-0.2, 0) is 11.3 Å². The second-order valence-electron chi connectivity index (χ2n) is 7.50. The van der Waals surface area contributed by atoms with Gasteiger partial charge in [-0.05, 0) is 65.9 Å². The monoisotopic (exact) mass is 423 g/mol. The summed E-state index contributed by atoms with van der Waals surface area (Å²) in [5.41, 5.74) is 4.25. The number of aromatic nitrogens is 4. The molecule has 0 spiro atoms. The van der Waals surface area contributed by atoms with Crippen molar-refractivity contribution in [3.05, 3.63) is 59.2 Å². The van der Waals surface area contributed by atoms with Crippen LogP contribution in [0.15, 0.2) is 47.6 Å². The normalized spacial score (nSPS) is 13.3. The molecule has 0 N–H and O–H groups in total. The van der Waals surface area contributed by atoms with Crippen molar-refractivity contribution in [3.8, 4) is 11.4 Å². The highest BCUT2D eigenvalue weighted by Crippen LogP contribution is 2.30. The molecule has 1 aromatic heterocycles. The summed E-state index contributed by atoms with van der Waals surface area (Å²) in [4.78, 5) is 15.0. The van der Waals surface area contributed by atoms with E-state index in [0.29, 0.717) is 23.5 Å². The Bertz CT molecular complexity index is 1010. The second kappa shape index (κ2) is 8.87. The van der Waals surface area contributed by atoms with Crippen LogP contribution in [0.5, 0.6) is 5.75 Å². The molecule has 0 bridgehead atoms. The number of carbonyl (C=O) groups is 1. The molecule has 156 valence electrons. The van der Waals surface area contributed by atoms with Gasteiger partial charge in [-0.15, -0.1) is 5.10 Å². The van der Waals surface area contributed by atoms with E-state index in [0.717, 1.165) is 41.0 Å². The Kier molecular flexibility index (Phi) is 6.03. The van der Waals surface area contributed by atoms with Gasteiger partial charge in [-0.3, -0.25) is 4.79 Å². The molecule has 3 aromatic rings. The first-order valence-corrected chi connectivity index (χ1v) is 11.0. The van der Waals surface area contributed by atoms with Crippen molar-refractivity contribution < 1.29 is 9.53 Å². The van der Waals surface area contributed by atoms with Crippen LogP contribution >= 0.6 is 11.8 Å². The maximum atomic E-state index is 13.0. The molecule has 0 saturated heterocycles. The van der Waals surface area contributed by atoms with E-state index in [1.807, 2.05) is 61.2 Å².